The van der Waals surface area contributed by atoms with E-state index < -0.39 is 10.0 Å². The van der Waals surface area contributed by atoms with Crippen molar-refractivity contribution >= 4 is 42.6 Å². The third-order valence-corrected chi connectivity index (χ3v) is 8.87. The van der Waals surface area contributed by atoms with E-state index in [9.17, 15) is 17.6 Å². The van der Waals surface area contributed by atoms with Gasteiger partial charge in [0, 0.05) is 24.8 Å². The minimum absolute atomic E-state index is 0.163. The van der Waals surface area contributed by atoms with Crippen LogP contribution in [0.5, 0.6) is 0 Å². The van der Waals surface area contributed by atoms with Crippen molar-refractivity contribution in [2.45, 2.75) is 30.7 Å². The lowest BCUT2D eigenvalue weighted by Gasteiger charge is -2.26. The van der Waals surface area contributed by atoms with Crippen molar-refractivity contribution in [1.29, 1.82) is 0 Å². The van der Waals surface area contributed by atoms with E-state index in [2.05, 4.69) is 9.97 Å². The second-order valence-corrected chi connectivity index (χ2v) is 11.3. The van der Waals surface area contributed by atoms with Gasteiger partial charge in [0.1, 0.15) is 5.82 Å². The van der Waals surface area contributed by atoms with Crippen molar-refractivity contribution in [2.75, 3.05) is 18.0 Å². The Morgan fingerprint density at radius 3 is 2.51 bits per heavy atom. The fourth-order valence-electron chi connectivity index (χ4n) is 4.06. The van der Waals surface area contributed by atoms with Gasteiger partial charge in [0.15, 0.2) is 5.13 Å². The molecule has 7 nitrogen and oxygen atoms in total. The van der Waals surface area contributed by atoms with E-state index >= 15 is 0 Å². The highest BCUT2D eigenvalue weighted by Gasteiger charge is 2.27. The molecule has 0 saturated carbocycles. The van der Waals surface area contributed by atoms with Crippen LogP contribution in [0.4, 0.5) is 9.52 Å². The molecule has 0 radical (unpaired) electrons. The summed E-state index contributed by atoms with van der Waals surface area (Å²) >= 11 is 1.21. The number of carbonyl (C=O) groups excluding carboxylic acids is 1. The predicted octanol–water partition coefficient (Wildman–Crippen LogP) is 4.85. The number of benzene rings is 2. The summed E-state index contributed by atoms with van der Waals surface area (Å²) in [7, 11) is -3.59. The molecule has 0 spiro atoms. The summed E-state index contributed by atoms with van der Waals surface area (Å²) in [5.41, 5.74) is 1.58. The van der Waals surface area contributed by atoms with E-state index in [1.165, 1.54) is 56.9 Å². The molecule has 5 rings (SSSR count). The summed E-state index contributed by atoms with van der Waals surface area (Å²) < 4.78 is 41.8. The van der Waals surface area contributed by atoms with Crippen LogP contribution >= 0.6 is 11.3 Å². The van der Waals surface area contributed by atoms with Crippen molar-refractivity contribution in [3.05, 3.63) is 83.9 Å². The molecule has 2 aromatic carbocycles. The molecule has 0 unspecified atom stereocenters. The normalized spacial score (nSPS) is 14.8. The van der Waals surface area contributed by atoms with Crippen LogP contribution < -0.4 is 4.90 Å². The molecule has 2 aromatic heterocycles. The van der Waals surface area contributed by atoms with E-state index in [0.717, 1.165) is 19.3 Å². The van der Waals surface area contributed by atoms with Gasteiger partial charge in [-0.25, -0.2) is 17.8 Å². The molecule has 0 N–H and O–H groups in total. The van der Waals surface area contributed by atoms with Gasteiger partial charge < -0.3 is 0 Å². The Morgan fingerprint density at radius 2 is 1.80 bits per heavy atom. The molecular formula is C25H23FN4O3S2. The lowest BCUT2D eigenvalue weighted by Crippen LogP contribution is -2.35. The van der Waals surface area contributed by atoms with Gasteiger partial charge in [-0.15, -0.1) is 0 Å². The number of hydrogen-bond acceptors (Lipinski definition) is 6. The van der Waals surface area contributed by atoms with Gasteiger partial charge in [-0.2, -0.15) is 4.31 Å². The van der Waals surface area contributed by atoms with Crippen molar-refractivity contribution in [1.82, 2.24) is 14.3 Å². The monoisotopic (exact) mass is 510 g/mol. The van der Waals surface area contributed by atoms with Gasteiger partial charge in [-0.05, 0) is 67.4 Å². The number of carbonyl (C=O) groups is 1. The molecule has 0 atom stereocenters. The van der Waals surface area contributed by atoms with Crippen LogP contribution in [0.1, 0.15) is 35.3 Å². The van der Waals surface area contributed by atoms with Gasteiger partial charge in [0.2, 0.25) is 10.0 Å². The van der Waals surface area contributed by atoms with E-state index in [1.807, 2.05) is 12.1 Å². The summed E-state index contributed by atoms with van der Waals surface area (Å²) in [6.45, 7) is 1.19. The Balaban J connectivity index is 1.47. The zero-order chi connectivity index (χ0) is 24.4. The number of hydrogen-bond donors (Lipinski definition) is 0. The van der Waals surface area contributed by atoms with Gasteiger partial charge >= 0.3 is 0 Å². The highest BCUT2D eigenvalue weighted by molar-refractivity contribution is 7.89. The number of aromatic nitrogens is 2. The van der Waals surface area contributed by atoms with Crippen LogP contribution in [-0.2, 0) is 16.6 Å². The summed E-state index contributed by atoms with van der Waals surface area (Å²) in [5, 5.41) is 0.409. The number of nitrogens with zero attached hydrogens (tertiary/aromatic N) is 4. The number of pyridine rings is 1. The lowest BCUT2D eigenvalue weighted by atomic mass is 10.2. The largest absolute Gasteiger partial charge is 0.278 e. The Hall–Kier alpha value is -3.21. The van der Waals surface area contributed by atoms with E-state index in [0.29, 0.717) is 39.7 Å². The number of halogens is 1. The fourth-order valence-corrected chi connectivity index (χ4v) is 6.57. The number of piperidine rings is 1. The number of thiazole rings is 1. The molecule has 3 heterocycles. The molecule has 1 saturated heterocycles. The Bertz CT molecular complexity index is 1450. The number of rotatable bonds is 6. The second kappa shape index (κ2) is 9.80. The van der Waals surface area contributed by atoms with Crippen molar-refractivity contribution in [3.63, 3.8) is 0 Å². The topological polar surface area (TPSA) is 83.5 Å². The smallest absolute Gasteiger partial charge is 0.260 e. The molecule has 1 amide bonds. The third-order valence-electron chi connectivity index (χ3n) is 5.92. The van der Waals surface area contributed by atoms with Crippen LogP contribution in [0.3, 0.4) is 0 Å². The summed E-state index contributed by atoms with van der Waals surface area (Å²) in [6.07, 6.45) is 4.38. The average Bonchev–Trinajstić information content (AvgIpc) is 3.31. The number of fused-ring (bicyclic) bond motifs is 1. The fraction of sp³-hybridized carbons (Fsp3) is 0.240. The minimum atomic E-state index is -3.59. The highest BCUT2D eigenvalue weighted by Crippen LogP contribution is 2.31. The molecule has 1 aliphatic rings. The van der Waals surface area contributed by atoms with Crippen LogP contribution in [0.15, 0.2) is 71.8 Å². The third kappa shape index (κ3) is 4.95. The van der Waals surface area contributed by atoms with Crippen molar-refractivity contribution in [2.24, 2.45) is 0 Å². The predicted molar refractivity (Wildman–Crippen MR) is 133 cm³/mol. The Morgan fingerprint density at radius 1 is 1.03 bits per heavy atom. The first-order chi connectivity index (χ1) is 16.9. The molecule has 1 aliphatic heterocycles. The Labute approximate surface area is 206 Å². The van der Waals surface area contributed by atoms with Crippen LogP contribution in [0.2, 0.25) is 0 Å². The van der Waals surface area contributed by atoms with Crippen LogP contribution in [0.25, 0.3) is 10.2 Å². The minimum Gasteiger partial charge on any atom is -0.278 e. The van der Waals surface area contributed by atoms with Crippen molar-refractivity contribution < 1.29 is 17.6 Å². The number of anilines is 1. The second-order valence-electron chi connectivity index (χ2n) is 8.31. The van der Waals surface area contributed by atoms with Gasteiger partial charge in [0.25, 0.3) is 5.91 Å². The standard InChI is InChI=1S/C25H23FN4O3S2/c26-19-9-12-22-23(16-19)34-25(28-22)30(17-20-6-2-3-13-27-20)24(31)18-7-10-21(11-8-18)35(32,33)29-14-4-1-5-15-29/h2-3,6-13,16H,1,4-5,14-15,17H2. The molecule has 10 heteroatoms. The first kappa shape index (κ1) is 23.5. The number of sulfonamides is 1. The highest BCUT2D eigenvalue weighted by atomic mass is 32.2. The van der Waals surface area contributed by atoms with E-state index in [1.54, 1.807) is 18.3 Å². The zero-order valence-electron chi connectivity index (χ0n) is 18.8. The van der Waals surface area contributed by atoms with Gasteiger partial charge in [-0.1, -0.05) is 23.8 Å². The zero-order valence-corrected chi connectivity index (χ0v) is 20.4. The van der Waals surface area contributed by atoms with Crippen molar-refractivity contribution in [3.8, 4) is 0 Å². The van der Waals surface area contributed by atoms with Gasteiger partial charge in [0.05, 0.1) is 27.4 Å². The molecule has 0 aliphatic carbocycles. The maximum atomic E-state index is 13.7. The van der Waals surface area contributed by atoms with Gasteiger partial charge in [-0.3, -0.25) is 14.7 Å². The molecular weight excluding hydrogens is 487 g/mol. The summed E-state index contributed by atoms with van der Waals surface area (Å²) in [6, 6.07) is 15.7. The Kier molecular flexibility index (Phi) is 6.59. The van der Waals surface area contributed by atoms with Crippen LogP contribution in [-0.4, -0.2) is 41.7 Å². The SMILES string of the molecule is O=C(c1ccc(S(=O)(=O)N2CCCCC2)cc1)N(Cc1ccccn1)c1nc2ccc(F)cc2s1. The molecule has 1 fully saturated rings. The summed E-state index contributed by atoms with van der Waals surface area (Å²) in [4.78, 5) is 24.1. The van der Waals surface area contributed by atoms with E-state index in [-0.39, 0.29) is 23.2 Å². The lowest BCUT2D eigenvalue weighted by molar-refractivity contribution is 0.0984. The molecule has 4 aromatic rings. The maximum Gasteiger partial charge on any atom is 0.260 e. The van der Waals surface area contributed by atoms with Crippen LogP contribution in [0, 0.1) is 5.82 Å². The van der Waals surface area contributed by atoms with E-state index in [4.69, 9.17) is 0 Å². The first-order valence-corrected chi connectivity index (χ1v) is 13.6. The summed E-state index contributed by atoms with van der Waals surface area (Å²) in [5.74, 6) is -0.724. The molecule has 0 bridgehead atoms. The maximum absolute atomic E-state index is 13.7. The first-order valence-electron chi connectivity index (χ1n) is 11.3. The quantitative estimate of drug-likeness (QED) is 0.370. The number of amides is 1. The molecule has 180 valence electrons. The average molecular weight is 511 g/mol. The molecule has 35 heavy (non-hydrogen) atoms.